The van der Waals surface area contributed by atoms with Crippen molar-refractivity contribution in [2.24, 2.45) is 0 Å². The summed E-state index contributed by atoms with van der Waals surface area (Å²) in [5.74, 6) is -1.55. The summed E-state index contributed by atoms with van der Waals surface area (Å²) in [6, 6.07) is 11.7. The molecule has 0 spiro atoms. The van der Waals surface area contributed by atoms with Crippen molar-refractivity contribution >= 4 is 22.6 Å². The van der Waals surface area contributed by atoms with E-state index in [-0.39, 0.29) is 6.61 Å². The summed E-state index contributed by atoms with van der Waals surface area (Å²) in [6.45, 7) is -0.0775. The third kappa shape index (κ3) is 2.95. The van der Waals surface area contributed by atoms with Crippen LogP contribution in [0, 0.1) is 0 Å². The number of carboxylic acids is 1. The summed E-state index contributed by atoms with van der Waals surface area (Å²) in [4.78, 5) is 23.2. The van der Waals surface area contributed by atoms with Crippen molar-refractivity contribution in [1.29, 1.82) is 0 Å². The molecular formula is C15H15NO4. The van der Waals surface area contributed by atoms with Crippen LogP contribution in [-0.2, 0) is 9.53 Å². The predicted octanol–water partition coefficient (Wildman–Crippen LogP) is 1.67. The molecule has 0 aromatic heterocycles. The van der Waals surface area contributed by atoms with Gasteiger partial charge in [0.05, 0.1) is 6.61 Å². The lowest BCUT2D eigenvalue weighted by molar-refractivity contribution is -0.140. The van der Waals surface area contributed by atoms with Gasteiger partial charge >= 0.3 is 5.97 Å². The molecule has 5 nitrogen and oxygen atoms in total. The van der Waals surface area contributed by atoms with Crippen molar-refractivity contribution in [1.82, 2.24) is 5.32 Å². The number of rotatable bonds is 5. The highest BCUT2D eigenvalue weighted by Crippen LogP contribution is 2.18. The number of carbonyl (C=O) groups excluding carboxylic acids is 1. The van der Waals surface area contributed by atoms with Gasteiger partial charge in [-0.15, -0.1) is 0 Å². The number of methoxy groups -OCH3 is 1. The molecule has 5 heteroatoms. The van der Waals surface area contributed by atoms with Gasteiger partial charge in [0, 0.05) is 12.7 Å². The third-order valence-corrected chi connectivity index (χ3v) is 2.97. The summed E-state index contributed by atoms with van der Waals surface area (Å²) in [5.41, 5.74) is 0.449. The number of aliphatic carboxylic acids is 1. The Hall–Kier alpha value is -2.40. The van der Waals surface area contributed by atoms with Crippen LogP contribution in [0.25, 0.3) is 10.8 Å². The van der Waals surface area contributed by atoms with Crippen LogP contribution < -0.4 is 5.32 Å². The number of hydrogen-bond acceptors (Lipinski definition) is 3. The second-order valence-corrected chi connectivity index (χ2v) is 4.35. The fourth-order valence-corrected chi connectivity index (χ4v) is 2.00. The second-order valence-electron chi connectivity index (χ2n) is 4.35. The highest BCUT2D eigenvalue weighted by atomic mass is 16.5. The molecule has 0 fully saturated rings. The summed E-state index contributed by atoms with van der Waals surface area (Å²) in [5, 5.41) is 13.2. The molecule has 2 aromatic rings. The van der Waals surface area contributed by atoms with Gasteiger partial charge in [0.25, 0.3) is 5.91 Å². The van der Waals surface area contributed by atoms with Crippen LogP contribution in [0.3, 0.4) is 0 Å². The average molecular weight is 273 g/mol. The van der Waals surface area contributed by atoms with E-state index in [0.717, 1.165) is 10.8 Å². The Labute approximate surface area is 116 Å². The van der Waals surface area contributed by atoms with Crippen LogP contribution in [0.4, 0.5) is 0 Å². The Morgan fingerprint density at radius 3 is 2.60 bits per heavy atom. The zero-order valence-electron chi connectivity index (χ0n) is 11.0. The van der Waals surface area contributed by atoms with Crippen LogP contribution in [0.15, 0.2) is 42.5 Å². The van der Waals surface area contributed by atoms with Crippen LogP contribution in [0.1, 0.15) is 10.4 Å². The standard InChI is InChI=1S/C15H15NO4/c1-20-9-13(15(18)19)16-14(17)12-8-4-6-10-5-2-3-7-11(10)12/h2-8,13H,9H2,1H3,(H,16,17)(H,18,19). The molecule has 2 N–H and O–H groups in total. The molecule has 0 saturated heterocycles. The van der Waals surface area contributed by atoms with Gasteiger partial charge in [-0.2, -0.15) is 0 Å². The Morgan fingerprint density at radius 1 is 1.20 bits per heavy atom. The van der Waals surface area contributed by atoms with E-state index in [1.54, 1.807) is 12.1 Å². The molecule has 0 radical (unpaired) electrons. The van der Waals surface area contributed by atoms with Gasteiger partial charge in [-0.3, -0.25) is 4.79 Å². The zero-order chi connectivity index (χ0) is 14.5. The van der Waals surface area contributed by atoms with Crippen molar-refractivity contribution in [3.63, 3.8) is 0 Å². The van der Waals surface area contributed by atoms with E-state index in [1.165, 1.54) is 7.11 Å². The fourth-order valence-electron chi connectivity index (χ4n) is 2.00. The van der Waals surface area contributed by atoms with Gasteiger partial charge in [0.1, 0.15) is 0 Å². The van der Waals surface area contributed by atoms with Gasteiger partial charge in [-0.25, -0.2) is 4.79 Å². The number of carbonyl (C=O) groups is 2. The SMILES string of the molecule is COCC(NC(=O)c1cccc2ccccc12)C(=O)O. The van der Waals surface area contributed by atoms with E-state index in [0.29, 0.717) is 5.56 Å². The minimum atomic E-state index is -1.12. The molecule has 20 heavy (non-hydrogen) atoms. The molecule has 0 bridgehead atoms. The molecule has 0 saturated carbocycles. The summed E-state index contributed by atoms with van der Waals surface area (Å²) in [6.07, 6.45) is 0. The van der Waals surface area contributed by atoms with Crippen molar-refractivity contribution in [2.75, 3.05) is 13.7 Å². The number of fused-ring (bicyclic) bond motifs is 1. The number of carboxylic acid groups (broad SMARTS) is 1. The van der Waals surface area contributed by atoms with Crippen LogP contribution in [0.2, 0.25) is 0 Å². The van der Waals surface area contributed by atoms with Gasteiger partial charge in [-0.1, -0.05) is 36.4 Å². The highest BCUT2D eigenvalue weighted by molar-refractivity contribution is 6.07. The number of ether oxygens (including phenoxy) is 1. The molecule has 0 aliphatic rings. The first-order valence-corrected chi connectivity index (χ1v) is 6.14. The first-order valence-electron chi connectivity index (χ1n) is 6.14. The van der Waals surface area contributed by atoms with Crippen LogP contribution in [0.5, 0.6) is 0 Å². The Balaban J connectivity index is 2.29. The van der Waals surface area contributed by atoms with E-state index < -0.39 is 17.9 Å². The van der Waals surface area contributed by atoms with Crippen molar-refractivity contribution in [2.45, 2.75) is 6.04 Å². The van der Waals surface area contributed by atoms with Crippen molar-refractivity contribution in [3.05, 3.63) is 48.0 Å². The van der Waals surface area contributed by atoms with Crippen LogP contribution in [-0.4, -0.2) is 36.7 Å². The van der Waals surface area contributed by atoms with E-state index in [9.17, 15) is 9.59 Å². The summed E-state index contributed by atoms with van der Waals surface area (Å²) in [7, 11) is 1.39. The van der Waals surface area contributed by atoms with E-state index in [1.807, 2.05) is 30.3 Å². The van der Waals surface area contributed by atoms with E-state index in [4.69, 9.17) is 9.84 Å². The van der Waals surface area contributed by atoms with Gasteiger partial charge < -0.3 is 15.2 Å². The zero-order valence-corrected chi connectivity index (χ0v) is 11.0. The molecule has 104 valence electrons. The normalized spacial score (nSPS) is 12.1. The van der Waals surface area contributed by atoms with Crippen LogP contribution >= 0.6 is 0 Å². The first-order chi connectivity index (χ1) is 9.63. The largest absolute Gasteiger partial charge is 0.480 e. The molecule has 1 amide bonds. The topological polar surface area (TPSA) is 75.6 Å². The number of benzene rings is 2. The van der Waals surface area contributed by atoms with Gasteiger partial charge in [-0.05, 0) is 16.8 Å². The van der Waals surface area contributed by atoms with Gasteiger partial charge in [0.15, 0.2) is 6.04 Å². The minimum absolute atomic E-state index is 0.0775. The fraction of sp³-hybridized carbons (Fsp3) is 0.200. The lowest BCUT2D eigenvalue weighted by Gasteiger charge is -2.14. The highest BCUT2D eigenvalue weighted by Gasteiger charge is 2.21. The number of amides is 1. The van der Waals surface area contributed by atoms with Gasteiger partial charge in [0.2, 0.25) is 0 Å². The predicted molar refractivity (Wildman–Crippen MR) is 74.7 cm³/mol. The lowest BCUT2D eigenvalue weighted by atomic mass is 10.0. The maximum atomic E-state index is 12.2. The molecule has 1 atom stereocenters. The molecule has 2 aromatic carbocycles. The monoisotopic (exact) mass is 273 g/mol. The first kappa shape index (κ1) is 14.0. The Bertz CT molecular complexity index is 633. The van der Waals surface area contributed by atoms with Crippen molar-refractivity contribution < 1.29 is 19.4 Å². The van der Waals surface area contributed by atoms with E-state index in [2.05, 4.69) is 5.32 Å². The number of nitrogens with one attached hydrogen (secondary N) is 1. The smallest absolute Gasteiger partial charge is 0.328 e. The molecular weight excluding hydrogens is 258 g/mol. The maximum Gasteiger partial charge on any atom is 0.328 e. The van der Waals surface area contributed by atoms with Crippen molar-refractivity contribution in [3.8, 4) is 0 Å². The second kappa shape index (κ2) is 6.16. The summed E-state index contributed by atoms with van der Waals surface area (Å²) < 4.78 is 4.79. The molecule has 0 aliphatic heterocycles. The number of hydrogen-bond donors (Lipinski definition) is 2. The quantitative estimate of drug-likeness (QED) is 0.869. The minimum Gasteiger partial charge on any atom is -0.480 e. The lowest BCUT2D eigenvalue weighted by Crippen LogP contribution is -2.43. The maximum absolute atomic E-state index is 12.2. The third-order valence-electron chi connectivity index (χ3n) is 2.97. The Kier molecular flexibility index (Phi) is 4.32. The Morgan fingerprint density at radius 2 is 1.90 bits per heavy atom. The molecule has 1 unspecified atom stereocenters. The average Bonchev–Trinajstić information content (AvgIpc) is 2.46. The molecule has 0 aliphatic carbocycles. The van der Waals surface area contributed by atoms with E-state index >= 15 is 0 Å². The molecule has 2 rings (SSSR count). The summed E-state index contributed by atoms with van der Waals surface area (Å²) >= 11 is 0. The molecule has 0 heterocycles.